The normalized spacial score (nSPS) is 11.6. The van der Waals surface area contributed by atoms with Crippen molar-refractivity contribution in [2.45, 2.75) is 0 Å². The summed E-state index contributed by atoms with van der Waals surface area (Å²) in [5.74, 6) is 0. The molecule has 0 spiro atoms. The monoisotopic (exact) mass is 637 g/mol. The lowest BCUT2D eigenvalue weighted by molar-refractivity contribution is 0.669. The second kappa shape index (κ2) is 11.5. The number of rotatable bonds is 5. The van der Waals surface area contributed by atoms with Crippen molar-refractivity contribution in [3.8, 4) is 22.3 Å². The Kier molecular flexibility index (Phi) is 6.53. The molecule has 0 aliphatic carbocycles. The summed E-state index contributed by atoms with van der Waals surface area (Å²) in [4.78, 5) is 2.41. The molecule has 0 N–H and O–H groups in total. The molecule has 0 amide bonds. The summed E-state index contributed by atoms with van der Waals surface area (Å²) in [5, 5.41) is 9.69. The first kappa shape index (κ1) is 28.4. The molecule has 9 aromatic carbocycles. The third-order valence-electron chi connectivity index (χ3n) is 10.0. The van der Waals surface area contributed by atoms with Crippen molar-refractivity contribution in [2.24, 2.45) is 0 Å². The Balaban J connectivity index is 1.24. The van der Waals surface area contributed by atoms with Crippen LogP contribution >= 0.6 is 0 Å². The number of fused-ring (bicyclic) bond motifs is 7. The molecule has 50 heavy (non-hydrogen) atoms. The van der Waals surface area contributed by atoms with Crippen molar-refractivity contribution in [1.29, 1.82) is 0 Å². The van der Waals surface area contributed by atoms with Gasteiger partial charge in [0.15, 0.2) is 0 Å². The molecule has 10 aromatic rings. The smallest absolute Gasteiger partial charge is 0.135 e. The first-order chi connectivity index (χ1) is 24.8. The van der Waals surface area contributed by atoms with E-state index >= 15 is 0 Å². The predicted octanol–water partition coefficient (Wildman–Crippen LogP) is 13.8. The van der Waals surface area contributed by atoms with Gasteiger partial charge in [0.25, 0.3) is 0 Å². The Morgan fingerprint density at radius 1 is 0.320 bits per heavy atom. The molecular weight excluding hydrogens is 607 g/mol. The Bertz CT molecular complexity index is 2890. The van der Waals surface area contributed by atoms with E-state index in [1.807, 2.05) is 12.1 Å². The fourth-order valence-corrected chi connectivity index (χ4v) is 7.74. The van der Waals surface area contributed by atoms with E-state index in [1.165, 1.54) is 54.6 Å². The van der Waals surface area contributed by atoms with Crippen LogP contribution in [0.2, 0.25) is 0 Å². The van der Waals surface area contributed by atoms with Crippen LogP contribution in [0.1, 0.15) is 0 Å². The zero-order valence-electron chi connectivity index (χ0n) is 27.3. The molecule has 0 fully saturated rings. The number of hydrogen-bond donors (Lipinski definition) is 0. The fourth-order valence-electron chi connectivity index (χ4n) is 7.74. The van der Waals surface area contributed by atoms with Gasteiger partial charge in [0.05, 0.1) is 5.69 Å². The lowest BCUT2D eigenvalue weighted by Gasteiger charge is -2.29. The third-order valence-corrected chi connectivity index (χ3v) is 10.0. The Hall–Kier alpha value is -6.64. The van der Waals surface area contributed by atoms with Gasteiger partial charge in [0, 0.05) is 27.7 Å². The maximum atomic E-state index is 6.27. The minimum Gasteiger partial charge on any atom is -0.456 e. The van der Waals surface area contributed by atoms with Gasteiger partial charge in [0.2, 0.25) is 0 Å². The molecule has 0 bridgehead atoms. The second-order valence-electron chi connectivity index (χ2n) is 12.9. The minimum absolute atomic E-state index is 0.883. The summed E-state index contributed by atoms with van der Waals surface area (Å²) in [6.07, 6.45) is 0. The highest BCUT2D eigenvalue weighted by molar-refractivity contribution is 6.14. The number of benzene rings is 9. The molecule has 0 unspecified atom stereocenters. The first-order valence-electron chi connectivity index (χ1n) is 17.1. The van der Waals surface area contributed by atoms with Crippen LogP contribution in [0.15, 0.2) is 192 Å². The van der Waals surface area contributed by atoms with Crippen molar-refractivity contribution in [1.82, 2.24) is 0 Å². The Morgan fingerprint density at radius 2 is 0.940 bits per heavy atom. The van der Waals surface area contributed by atoms with Crippen LogP contribution in [0.3, 0.4) is 0 Å². The van der Waals surface area contributed by atoms with Crippen LogP contribution in [-0.2, 0) is 0 Å². The number of hydrogen-bond acceptors (Lipinski definition) is 2. The quantitative estimate of drug-likeness (QED) is 0.175. The summed E-state index contributed by atoms with van der Waals surface area (Å²) in [6, 6.07) is 67.7. The van der Waals surface area contributed by atoms with Gasteiger partial charge in [0.1, 0.15) is 11.2 Å². The Morgan fingerprint density at radius 3 is 1.84 bits per heavy atom. The van der Waals surface area contributed by atoms with Crippen LogP contribution in [-0.4, -0.2) is 0 Å². The van der Waals surface area contributed by atoms with Crippen LogP contribution in [0, 0.1) is 0 Å². The van der Waals surface area contributed by atoms with Gasteiger partial charge in [-0.15, -0.1) is 0 Å². The highest BCUT2D eigenvalue weighted by Crippen LogP contribution is 2.45. The van der Waals surface area contributed by atoms with E-state index in [2.05, 4.69) is 181 Å². The summed E-state index contributed by atoms with van der Waals surface area (Å²) < 4.78 is 6.27. The standard InChI is InChI=1S/C48H31NO/c1-3-18-37-32(13-1)15-12-24-40(37)42-22-7-9-25-46(42)49(36-27-28-48-45(31-36)43-23-8-10-26-47(43)50-48)35-17-11-16-33(29-35)44-30-34-14-2-4-19-38(34)39-20-5-6-21-41(39)44/h1-31H. The van der Waals surface area contributed by atoms with E-state index in [1.54, 1.807) is 0 Å². The van der Waals surface area contributed by atoms with Gasteiger partial charge in [-0.2, -0.15) is 0 Å². The number of anilines is 3. The van der Waals surface area contributed by atoms with Crippen LogP contribution < -0.4 is 4.90 Å². The molecule has 0 atom stereocenters. The van der Waals surface area contributed by atoms with Crippen molar-refractivity contribution in [2.75, 3.05) is 4.90 Å². The van der Waals surface area contributed by atoms with E-state index in [-0.39, 0.29) is 0 Å². The van der Waals surface area contributed by atoms with E-state index in [9.17, 15) is 0 Å². The van der Waals surface area contributed by atoms with E-state index in [4.69, 9.17) is 4.42 Å². The molecule has 2 heteroatoms. The van der Waals surface area contributed by atoms with Gasteiger partial charge in [-0.25, -0.2) is 0 Å². The van der Waals surface area contributed by atoms with Crippen molar-refractivity contribution < 1.29 is 4.42 Å². The minimum atomic E-state index is 0.883. The molecule has 0 radical (unpaired) electrons. The maximum Gasteiger partial charge on any atom is 0.135 e. The molecule has 1 aromatic heterocycles. The SMILES string of the molecule is c1cc(-c2cc3ccccc3c3ccccc23)cc(N(c2ccc3oc4ccccc4c3c2)c2ccccc2-c2cccc3ccccc23)c1. The van der Waals surface area contributed by atoms with Crippen LogP contribution in [0.5, 0.6) is 0 Å². The summed E-state index contributed by atoms with van der Waals surface area (Å²) >= 11 is 0. The predicted molar refractivity (Wildman–Crippen MR) is 212 cm³/mol. The van der Waals surface area contributed by atoms with Gasteiger partial charge in [-0.3, -0.25) is 0 Å². The topological polar surface area (TPSA) is 16.4 Å². The van der Waals surface area contributed by atoms with E-state index in [0.717, 1.165) is 39.0 Å². The average Bonchev–Trinajstić information content (AvgIpc) is 3.56. The summed E-state index contributed by atoms with van der Waals surface area (Å²) in [7, 11) is 0. The number of para-hydroxylation sites is 2. The largest absolute Gasteiger partial charge is 0.456 e. The molecule has 2 nitrogen and oxygen atoms in total. The Labute approximate surface area is 290 Å². The third kappa shape index (κ3) is 4.57. The molecule has 10 rings (SSSR count). The van der Waals surface area contributed by atoms with Crippen molar-refractivity contribution in [3.05, 3.63) is 188 Å². The fraction of sp³-hybridized carbons (Fsp3) is 0. The van der Waals surface area contributed by atoms with Crippen LogP contribution in [0.4, 0.5) is 17.1 Å². The summed E-state index contributed by atoms with van der Waals surface area (Å²) in [6.45, 7) is 0. The second-order valence-corrected chi connectivity index (χ2v) is 12.9. The lowest BCUT2D eigenvalue weighted by atomic mass is 9.93. The first-order valence-corrected chi connectivity index (χ1v) is 17.1. The molecule has 0 saturated heterocycles. The van der Waals surface area contributed by atoms with E-state index in [0.29, 0.717) is 0 Å². The van der Waals surface area contributed by atoms with Crippen LogP contribution in [0.25, 0.3) is 76.5 Å². The molecule has 0 aliphatic rings. The molecule has 1 heterocycles. The maximum absolute atomic E-state index is 6.27. The molecule has 0 saturated carbocycles. The average molecular weight is 638 g/mol. The zero-order chi connectivity index (χ0) is 33.0. The molecule has 234 valence electrons. The molecular formula is C48H31NO. The van der Waals surface area contributed by atoms with Gasteiger partial charge >= 0.3 is 0 Å². The highest BCUT2D eigenvalue weighted by atomic mass is 16.3. The lowest BCUT2D eigenvalue weighted by Crippen LogP contribution is -2.11. The van der Waals surface area contributed by atoms with Crippen molar-refractivity contribution >= 4 is 71.3 Å². The number of furan rings is 1. The molecule has 0 aliphatic heterocycles. The van der Waals surface area contributed by atoms with Crippen molar-refractivity contribution in [3.63, 3.8) is 0 Å². The van der Waals surface area contributed by atoms with Gasteiger partial charge < -0.3 is 9.32 Å². The summed E-state index contributed by atoms with van der Waals surface area (Å²) in [5.41, 5.74) is 9.80. The van der Waals surface area contributed by atoms with Gasteiger partial charge in [-0.1, -0.05) is 140 Å². The number of nitrogens with zero attached hydrogens (tertiary/aromatic N) is 1. The zero-order valence-corrected chi connectivity index (χ0v) is 27.3. The highest BCUT2D eigenvalue weighted by Gasteiger charge is 2.20. The van der Waals surface area contributed by atoms with Gasteiger partial charge in [-0.05, 0) is 97.5 Å². The van der Waals surface area contributed by atoms with E-state index < -0.39 is 0 Å².